The Bertz CT molecular complexity index is 482. The summed E-state index contributed by atoms with van der Waals surface area (Å²) in [5.74, 6) is -0.276. The summed E-state index contributed by atoms with van der Waals surface area (Å²) in [6, 6.07) is 12.8. The molecule has 4 heteroatoms. The first kappa shape index (κ1) is 10.6. The van der Waals surface area contributed by atoms with E-state index in [1.54, 1.807) is 24.3 Å². The van der Waals surface area contributed by atoms with Gasteiger partial charge in [0.2, 0.25) is 5.88 Å². The second kappa shape index (κ2) is 4.77. The Morgan fingerprint density at radius 3 is 2.69 bits per heavy atom. The van der Waals surface area contributed by atoms with E-state index in [0.29, 0.717) is 10.6 Å². The molecule has 0 atom stereocenters. The molecule has 0 N–H and O–H groups in total. The normalized spacial score (nSPS) is 9.81. The maximum absolute atomic E-state index is 11.6. The van der Waals surface area contributed by atoms with E-state index < -0.39 is 5.97 Å². The highest BCUT2D eigenvalue weighted by Crippen LogP contribution is 2.12. The molecule has 0 aliphatic carbocycles. The molecule has 1 aromatic carbocycles. The Morgan fingerprint density at radius 2 is 2.06 bits per heavy atom. The van der Waals surface area contributed by atoms with Gasteiger partial charge in [-0.3, -0.25) is 0 Å². The van der Waals surface area contributed by atoms with Crippen molar-refractivity contribution in [1.29, 1.82) is 0 Å². The summed E-state index contributed by atoms with van der Waals surface area (Å²) in [5.41, 5.74) is 0.472. The summed E-state index contributed by atoms with van der Waals surface area (Å²) in [6.07, 6.45) is 1.37. The van der Waals surface area contributed by atoms with Gasteiger partial charge >= 0.3 is 5.97 Å². The molecule has 0 aliphatic heterocycles. The maximum Gasteiger partial charge on any atom is 0.344 e. The summed E-state index contributed by atoms with van der Waals surface area (Å²) in [7, 11) is 0. The van der Waals surface area contributed by atoms with Gasteiger partial charge in [0.25, 0.3) is 0 Å². The van der Waals surface area contributed by atoms with Crippen LogP contribution in [-0.2, 0) is 0 Å². The van der Waals surface area contributed by atoms with Gasteiger partial charge in [-0.15, -0.1) is 0 Å². The van der Waals surface area contributed by atoms with Crippen molar-refractivity contribution in [2.75, 3.05) is 0 Å². The van der Waals surface area contributed by atoms with Gasteiger partial charge in [-0.2, -0.15) is 0 Å². The Balaban J connectivity index is 2.11. The number of pyridine rings is 1. The first-order valence-electron chi connectivity index (χ1n) is 4.56. The van der Waals surface area contributed by atoms with Crippen molar-refractivity contribution in [3.8, 4) is 5.88 Å². The molecule has 3 nitrogen and oxygen atoms in total. The van der Waals surface area contributed by atoms with Crippen molar-refractivity contribution >= 4 is 17.6 Å². The van der Waals surface area contributed by atoms with Crippen LogP contribution in [0, 0.1) is 6.07 Å². The number of carbonyl (C=O) groups is 1. The largest absolute Gasteiger partial charge is 0.404 e. The fourth-order valence-electron chi connectivity index (χ4n) is 1.11. The zero-order valence-electron chi connectivity index (χ0n) is 8.18. The van der Waals surface area contributed by atoms with Gasteiger partial charge in [0.05, 0.1) is 16.8 Å². The van der Waals surface area contributed by atoms with Crippen molar-refractivity contribution in [3.05, 3.63) is 59.2 Å². The highest BCUT2D eigenvalue weighted by atomic mass is 35.5. The third-order valence-electron chi connectivity index (χ3n) is 1.85. The standard InChI is InChI=1S/C12H7ClNO2/c13-10-6-7-11(14-8-10)16-12(15)9-4-2-1-3-5-9/h1-5,7-8H. The number of nitrogens with zero attached hydrogens (tertiary/aromatic N) is 1. The van der Waals surface area contributed by atoms with Gasteiger partial charge in [-0.25, -0.2) is 9.78 Å². The van der Waals surface area contributed by atoms with Crippen molar-refractivity contribution in [1.82, 2.24) is 4.98 Å². The summed E-state index contributed by atoms with van der Waals surface area (Å²) in [6.45, 7) is 0. The van der Waals surface area contributed by atoms with E-state index in [0.717, 1.165) is 0 Å². The zero-order chi connectivity index (χ0) is 11.4. The Hall–Kier alpha value is -1.87. The number of aromatic nitrogens is 1. The zero-order valence-corrected chi connectivity index (χ0v) is 8.94. The molecule has 0 aliphatic rings. The van der Waals surface area contributed by atoms with E-state index in [4.69, 9.17) is 16.3 Å². The quantitative estimate of drug-likeness (QED) is 0.748. The van der Waals surface area contributed by atoms with Crippen LogP contribution < -0.4 is 4.74 Å². The Kier molecular flexibility index (Phi) is 3.17. The molecule has 0 unspecified atom stereocenters. The van der Waals surface area contributed by atoms with Crippen LogP contribution in [0.25, 0.3) is 0 Å². The second-order valence-corrected chi connectivity index (χ2v) is 3.40. The van der Waals surface area contributed by atoms with Crippen LogP contribution in [0.1, 0.15) is 10.4 Å². The second-order valence-electron chi connectivity index (χ2n) is 2.99. The predicted octanol–water partition coefficient (Wildman–Crippen LogP) is 2.75. The number of rotatable bonds is 2. The van der Waals surface area contributed by atoms with E-state index in [-0.39, 0.29) is 5.88 Å². The fourth-order valence-corrected chi connectivity index (χ4v) is 1.21. The lowest BCUT2D eigenvalue weighted by atomic mass is 10.2. The lowest BCUT2D eigenvalue weighted by molar-refractivity contribution is 0.0727. The van der Waals surface area contributed by atoms with Gasteiger partial charge in [-0.05, 0) is 12.1 Å². The van der Waals surface area contributed by atoms with Crippen molar-refractivity contribution < 1.29 is 9.53 Å². The van der Waals surface area contributed by atoms with Crippen LogP contribution in [0.5, 0.6) is 5.88 Å². The topological polar surface area (TPSA) is 39.2 Å². The minimum atomic E-state index is -0.455. The average Bonchev–Trinajstić information content (AvgIpc) is 2.33. The molecular weight excluding hydrogens is 226 g/mol. The molecule has 2 aromatic rings. The van der Waals surface area contributed by atoms with Crippen LogP contribution in [0.2, 0.25) is 5.02 Å². The Morgan fingerprint density at radius 1 is 1.31 bits per heavy atom. The molecular formula is C12H7ClNO2. The molecule has 2 rings (SSSR count). The van der Waals surface area contributed by atoms with Gasteiger partial charge in [0.15, 0.2) is 0 Å². The van der Waals surface area contributed by atoms with E-state index in [1.807, 2.05) is 6.07 Å². The number of benzene rings is 1. The molecule has 0 saturated carbocycles. The molecule has 1 radical (unpaired) electrons. The lowest BCUT2D eigenvalue weighted by Gasteiger charge is -2.02. The third-order valence-corrected chi connectivity index (χ3v) is 2.05. The summed E-state index contributed by atoms with van der Waals surface area (Å²) < 4.78 is 5.02. The van der Waals surface area contributed by atoms with Crippen LogP contribution >= 0.6 is 11.6 Å². The van der Waals surface area contributed by atoms with Crippen LogP contribution in [0.4, 0.5) is 0 Å². The molecule has 0 spiro atoms. The van der Waals surface area contributed by atoms with Crippen LogP contribution in [-0.4, -0.2) is 11.0 Å². The van der Waals surface area contributed by atoms with Crippen molar-refractivity contribution in [3.63, 3.8) is 0 Å². The Labute approximate surface area is 97.7 Å². The minimum absolute atomic E-state index is 0.179. The molecule has 1 aromatic heterocycles. The molecule has 0 amide bonds. The lowest BCUT2D eigenvalue weighted by Crippen LogP contribution is -2.08. The fraction of sp³-hybridized carbons (Fsp3) is 0. The molecule has 0 fully saturated rings. The van der Waals surface area contributed by atoms with Crippen LogP contribution in [0.3, 0.4) is 0 Å². The highest BCUT2D eigenvalue weighted by molar-refractivity contribution is 6.30. The van der Waals surface area contributed by atoms with Crippen molar-refractivity contribution in [2.24, 2.45) is 0 Å². The number of carbonyl (C=O) groups excluding carboxylic acids is 1. The van der Waals surface area contributed by atoms with Gasteiger partial charge in [0, 0.05) is 12.1 Å². The number of hydrogen-bond acceptors (Lipinski definition) is 3. The first-order chi connectivity index (χ1) is 7.75. The smallest absolute Gasteiger partial charge is 0.344 e. The minimum Gasteiger partial charge on any atom is -0.404 e. The van der Waals surface area contributed by atoms with Gasteiger partial charge in [-0.1, -0.05) is 29.8 Å². The summed E-state index contributed by atoms with van der Waals surface area (Å²) >= 11 is 5.61. The van der Waals surface area contributed by atoms with E-state index >= 15 is 0 Å². The summed E-state index contributed by atoms with van der Waals surface area (Å²) in [5, 5.41) is 0.375. The predicted molar refractivity (Wildman–Crippen MR) is 59.5 cm³/mol. The molecule has 0 bridgehead atoms. The molecule has 16 heavy (non-hydrogen) atoms. The first-order valence-corrected chi connectivity index (χ1v) is 4.94. The van der Waals surface area contributed by atoms with Gasteiger partial charge < -0.3 is 4.74 Å². The van der Waals surface area contributed by atoms with Gasteiger partial charge in [0.1, 0.15) is 0 Å². The number of esters is 1. The van der Waals surface area contributed by atoms with E-state index in [1.165, 1.54) is 12.3 Å². The SMILES string of the molecule is O=C(Oc1c[c]c(Cl)cn1)c1ccccc1. The van der Waals surface area contributed by atoms with E-state index in [9.17, 15) is 4.79 Å². The number of ether oxygens (including phenoxy) is 1. The van der Waals surface area contributed by atoms with Crippen LogP contribution in [0.15, 0.2) is 42.6 Å². The number of halogens is 1. The number of hydrogen-bond donors (Lipinski definition) is 0. The highest BCUT2D eigenvalue weighted by Gasteiger charge is 2.07. The monoisotopic (exact) mass is 232 g/mol. The average molecular weight is 233 g/mol. The molecule has 0 saturated heterocycles. The maximum atomic E-state index is 11.6. The molecule has 1 heterocycles. The molecule has 79 valence electrons. The third kappa shape index (κ3) is 2.58. The van der Waals surface area contributed by atoms with Crippen molar-refractivity contribution in [2.45, 2.75) is 0 Å². The summed E-state index contributed by atoms with van der Waals surface area (Å²) in [4.78, 5) is 15.4. The van der Waals surface area contributed by atoms with E-state index in [2.05, 4.69) is 11.1 Å².